The zero-order valence-electron chi connectivity index (χ0n) is 9.05. The molecule has 1 fully saturated rings. The monoisotopic (exact) mass is 183 g/mol. The number of hydrogen-bond acceptors (Lipinski definition) is 2. The van der Waals surface area contributed by atoms with Gasteiger partial charge in [0, 0.05) is 25.4 Å². The van der Waals surface area contributed by atoms with Gasteiger partial charge in [0.25, 0.3) is 0 Å². The van der Waals surface area contributed by atoms with Crippen LogP contribution in [0.1, 0.15) is 40.0 Å². The topological polar surface area (TPSA) is 20.3 Å². The minimum atomic E-state index is 0.438. The van der Waals surface area contributed by atoms with E-state index >= 15 is 0 Å². The highest BCUT2D eigenvalue weighted by atomic mass is 16.1. The first-order valence-corrected chi connectivity index (χ1v) is 5.35. The van der Waals surface area contributed by atoms with Gasteiger partial charge >= 0.3 is 0 Å². The van der Waals surface area contributed by atoms with Crippen LogP contribution in [0.5, 0.6) is 0 Å². The lowest BCUT2D eigenvalue weighted by Gasteiger charge is -2.32. The first kappa shape index (κ1) is 10.7. The van der Waals surface area contributed by atoms with Crippen molar-refractivity contribution in [1.29, 1.82) is 0 Å². The molecule has 1 atom stereocenters. The average Bonchev–Trinajstić information content (AvgIpc) is 2.02. The van der Waals surface area contributed by atoms with Gasteiger partial charge < -0.3 is 0 Å². The normalized spacial score (nSPS) is 25.5. The Morgan fingerprint density at radius 3 is 2.77 bits per heavy atom. The van der Waals surface area contributed by atoms with E-state index in [-0.39, 0.29) is 0 Å². The molecule has 1 aliphatic rings. The van der Waals surface area contributed by atoms with E-state index in [0.717, 1.165) is 31.8 Å². The summed E-state index contributed by atoms with van der Waals surface area (Å²) in [4.78, 5) is 13.6. The molecule has 0 bridgehead atoms. The van der Waals surface area contributed by atoms with E-state index in [2.05, 4.69) is 25.7 Å². The third-order valence-corrected chi connectivity index (χ3v) is 2.82. The number of piperidine rings is 1. The fourth-order valence-corrected chi connectivity index (χ4v) is 1.81. The van der Waals surface area contributed by atoms with Gasteiger partial charge in [-0.1, -0.05) is 13.8 Å². The predicted octanol–water partition coefficient (Wildman–Crippen LogP) is 2.09. The number of hydrogen-bond donors (Lipinski definition) is 0. The van der Waals surface area contributed by atoms with Gasteiger partial charge in [-0.15, -0.1) is 0 Å². The van der Waals surface area contributed by atoms with Gasteiger partial charge in [-0.3, -0.25) is 9.69 Å². The highest BCUT2D eigenvalue weighted by Crippen LogP contribution is 2.15. The van der Waals surface area contributed by atoms with Crippen molar-refractivity contribution in [3.63, 3.8) is 0 Å². The van der Waals surface area contributed by atoms with Gasteiger partial charge in [0.15, 0.2) is 0 Å². The Balaban J connectivity index is 2.29. The SMILES string of the molecule is CC(C)CCN1CCC(=O)CC1C. The first-order chi connectivity index (χ1) is 6.09. The Hall–Kier alpha value is -0.370. The fourth-order valence-electron chi connectivity index (χ4n) is 1.81. The molecular formula is C11H21NO. The molecule has 1 aliphatic heterocycles. The van der Waals surface area contributed by atoms with E-state index in [1.807, 2.05) is 0 Å². The number of likely N-dealkylation sites (tertiary alicyclic amines) is 1. The molecule has 1 unspecified atom stereocenters. The number of Topliss-reactive ketones (excluding diaryl/α,β-unsaturated/α-hetero) is 1. The second-order valence-electron chi connectivity index (χ2n) is 4.56. The molecule has 2 heteroatoms. The number of nitrogens with zero attached hydrogens (tertiary/aromatic N) is 1. The third kappa shape index (κ3) is 3.47. The van der Waals surface area contributed by atoms with Crippen LogP contribution in [0.3, 0.4) is 0 Å². The molecule has 0 N–H and O–H groups in total. The Morgan fingerprint density at radius 1 is 1.54 bits per heavy atom. The summed E-state index contributed by atoms with van der Waals surface area (Å²) in [6, 6.07) is 0.472. The molecule has 2 nitrogen and oxygen atoms in total. The smallest absolute Gasteiger partial charge is 0.135 e. The Labute approximate surface area is 81.3 Å². The summed E-state index contributed by atoms with van der Waals surface area (Å²) >= 11 is 0. The van der Waals surface area contributed by atoms with Gasteiger partial charge in [0.05, 0.1) is 0 Å². The molecule has 0 saturated carbocycles. The van der Waals surface area contributed by atoms with Crippen LogP contribution in [-0.2, 0) is 4.79 Å². The van der Waals surface area contributed by atoms with Crippen LogP contribution in [0.25, 0.3) is 0 Å². The average molecular weight is 183 g/mol. The summed E-state index contributed by atoms with van der Waals surface area (Å²) in [5.41, 5.74) is 0. The van der Waals surface area contributed by atoms with Gasteiger partial charge in [-0.05, 0) is 25.8 Å². The van der Waals surface area contributed by atoms with Crippen LogP contribution in [0, 0.1) is 5.92 Å². The van der Waals surface area contributed by atoms with E-state index in [1.54, 1.807) is 0 Å². The van der Waals surface area contributed by atoms with Crippen LogP contribution in [0.4, 0.5) is 0 Å². The maximum absolute atomic E-state index is 11.1. The van der Waals surface area contributed by atoms with Crippen molar-refractivity contribution in [1.82, 2.24) is 4.90 Å². The molecule has 76 valence electrons. The number of carbonyl (C=O) groups is 1. The zero-order chi connectivity index (χ0) is 9.84. The summed E-state index contributed by atoms with van der Waals surface area (Å²) in [7, 11) is 0. The molecular weight excluding hydrogens is 162 g/mol. The quantitative estimate of drug-likeness (QED) is 0.667. The van der Waals surface area contributed by atoms with E-state index in [0.29, 0.717) is 11.8 Å². The van der Waals surface area contributed by atoms with E-state index in [9.17, 15) is 4.79 Å². The standard InChI is InChI=1S/C11H21NO/c1-9(2)4-6-12-7-5-11(13)8-10(12)3/h9-10H,4-8H2,1-3H3. The van der Waals surface area contributed by atoms with Crippen molar-refractivity contribution in [2.75, 3.05) is 13.1 Å². The number of rotatable bonds is 3. The molecule has 0 aromatic rings. The maximum Gasteiger partial charge on any atom is 0.135 e. The summed E-state index contributed by atoms with van der Waals surface area (Å²) in [6.45, 7) is 8.80. The summed E-state index contributed by atoms with van der Waals surface area (Å²) < 4.78 is 0. The van der Waals surface area contributed by atoms with Crippen LogP contribution >= 0.6 is 0 Å². The molecule has 1 rings (SSSR count). The van der Waals surface area contributed by atoms with Crippen molar-refractivity contribution in [3.05, 3.63) is 0 Å². The molecule has 1 heterocycles. The lowest BCUT2D eigenvalue weighted by molar-refractivity contribution is -0.122. The van der Waals surface area contributed by atoms with Crippen molar-refractivity contribution in [2.45, 2.75) is 46.1 Å². The second kappa shape index (κ2) is 4.75. The van der Waals surface area contributed by atoms with Crippen molar-refractivity contribution in [3.8, 4) is 0 Å². The molecule has 0 amide bonds. The molecule has 1 saturated heterocycles. The van der Waals surface area contributed by atoms with E-state index in [1.165, 1.54) is 6.42 Å². The largest absolute Gasteiger partial charge is 0.300 e. The van der Waals surface area contributed by atoms with Gasteiger partial charge in [-0.2, -0.15) is 0 Å². The van der Waals surface area contributed by atoms with E-state index in [4.69, 9.17) is 0 Å². The zero-order valence-corrected chi connectivity index (χ0v) is 9.05. The third-order valence-electron chi connectivity index (χ3n) is 2.82. The maximum atomic E-state index is 11.1. The molecule has 0 radical (unpaired) electrons. The van der Waals surface area contributed by atoms with Crippen LogP contribution in [-0.4, -0.2) is 29.8 Å². The van der Waals surface area contributed by atoms with Crippen LogP contribution in [0.15, 0.2) is 0 Å². The Kier molecular flexibility index (Phi) is 3.91. The van der Waals surface area contributed by atoms with Crippen LogP contribution < -0.4 is 0 Å². The minimum Gasteiger partial charge on any atom is -0.300 e. The van der Waals surface area contributed by atoms with Crippen molar-refractivity contribution >= 4 is 5.78 Å². The lowest BCUT2D eigenvalue weighted by atomic mass is 10.0. The molecule has 0 aromatic heterocycles. The molecule has 0 aliphatic carbocycles. The lowest BCUT2D eigenvalue weighted by Crippen LogP contribution is -2.41. The fraction of sp³-hybridized carbons (Fsp3) is 0.909. The van der Waals surface area contributed by atoms with Gasteiger partial charge in [-0.25, -0.2) is 0 Å². The van der Waals surface area contributed by atoms with Crippen molar-refractivity contribution < 1.29 is 4.79 Å². The summed E-state index contributed by atoms with van der Waals surface area (Å²) in [5, 5.41) is 0. The first-order valence-electron chi connectivity index (χ1n) is 5.35. The van der Waals surface area contributed by atoms with E-state index < -0.39 is 0 Å². The summed E-state index contributed by atoms with van der Waals surface area (Å²) in [5.74, 6) is 1.21. The molecule has 0 aromatic carbocycles. The van der Waals surface area contributed by atoms with Crippen molar-refractivity contribution in [2.24, 2.45) is 5.92 Å². The molecule has 13 heavy (non-hydrogen) atoms. The minimum absolute atomic E-state index is 0.438. The molecule has 0 spiro atoms. The van der Waals surface area contributed by atoms with Gasteiger partial charge in [0.1, 0.15) is 5.78 Å². The van der Waals surface area contributed by atoms with Gasteiger partial charge in [0.2, 0.25) is 0 Å². The van der Waals surface area contributed by atoms with Crippen LogP contribution in [0.2, 0.25) is 0 Å². The predicted molar refractivity (Wildman–Crippen MR) is 54.7 cm³/mol. The Bertz CT molecular complexity index is 177. The number of ketones is 1. The highest BCUT2D eigenvalue weighted by molar-refractivity contribution is 5.79. The summed E-state index contributed by atoms with van der Waals surface area (Å²) in [6.07, 6.45) is 2.78. The number of carbonyl (C=O) groups excluding carboxylic acids is 1. The Morgan fingerprint density at radius 2 is 2.23 bits per heavy atom. The second-order valence-corrected chi connectivity index (χ2v) is 4.56. The highest BCUT2D eigenvalue weighted by Gasteiger charge is 2.22.